The van der Waals surface area contributed by atoms with E-state index in [2.05, 4.69) is 5.32 Å². The SMILES string of the molecule is CNC(=O)C1CCN(C(=O)c2cc(F)ccc2F)CC1. The Morgan fingerprint density at radius 1 is 1.25 bits per heavy atom. The maximum atomic E-state index is 13.6. The average molecular weight is 282 g/mol. The molecule has 1 saturated heterocycles. The number of benzene rings is 1. The highest BCUT2D eigenvalue weighted by molar-refractivity contribution is 5.94. The van der Waals surface area contributed by atoms with Crippen LogP contribution >= 0.6 is 0 Å². The van der Waals surface area contributed by atoms with Crippen molar-refractivity contribution in [1.29, 1.82) is 0 Å². The normalized spacial score (nSPS) is 16.1. The lowest BCUT2D eigenvalue weighted by Gasteiger charge is -2.31. The van der Waals surface area contributed by atoms with Crippen LogP contribution in [0.15, 0.2) is 18.2 Å². The molecular formula is C14H16F2N2O2. The summed E-state index contributed by atoms with van der Waals surface area (Å²) in [4.78, 5) is 25.1. The van der Waals surface area contributed by atoms with Crippen LogP contribution in [0, 0.1) is 17.6 Å². The fourth-order valence-electron chi connectivity index (χ4n) is 2.38. The summed E-state index contributed by atoms with van der Waals surface area (Å²) in [5, 5.41) is 2.58. The van der Waals surface area contributed by atoms with Gasteiger partial charge in [-0.25, -0.2) is 8.78 Å². The highest BCUT2D eigenvalue weighted by atomic mass is 19.1. The van der Waals surface area contributed by atoms with Gasteiger partial charge in [-0.3, -0.25) is 9.59 Å². The summed E-state index contributed by atoms with van der Waals surface area (Å²) in [7, 11) is 1.57. The Kier molecular flexibility index (Phi) is 4.32. The predicted octanol–water partition coefficient (Wildman–Crippen LogP) is 1.56. The minimum absolute atomic E-state index is 0.0472. The molecule has 108 valence electrons. The lowest BCUT2D eigenvalue weighted by atomic mass is 9.95. The van der Waals surface area contributed by atoms with Crippen molar-refractivity contribution >= 4 is 11.8 Å². The van der Waals surface area contributed by atoms with Gasteiger partial charge in [0.2, 0.25) is 5.91 Å². The molecule has 0 aliphatic carbocycles. The zero-order valence-electron chi connectivity index (χ0n) is 11.2. The summed E-state index contributed by atoms with van der Waals surface area (Å²) in [5.41, 5.74) is -0.261. The van der Waals surface area contributed by atoms with E-state index in [-0.39, 0.29) is 17.4 Å². The second-order valence-electron chi connectivity index (χ2n) is 4.80. The fourth-order valence-corrected chi connectivity index (χ4v) is 2.38. The third-order valence-corrected chi connectivity index (χ3v) is 3.56. The number of hydrogen-bond donors (Lipinski definition) is 1. The number of likely N-dealkylation sites (tertiary alicyclic amines) is 1. The third-order valence-electron chi connectivity index (χ3n) is 3.56. The van der Waals surface area contributed by atoms with Gasteiger partial charge in [0.1, 0.15) is 11.6 Å². The highest BCUT2D eigenvalue weighted by Crippen LogP contribution is 2.20. The molecule has 1 aliphatic rings. The molecule has 0 radical (unpaired) electrons. The maximum Gasteiger partial charge on any atom is 0.256 e. The van der Waals surface area contributed by atoms with Crippen molar-refractivity contribution in [2.24, 2.45) is 5.92 Å². The van der Waals surface area contributed by atoms with E-state index in [1.165, 1.54) is 4.90 Å². The van der Waals surface area contributed by atoms with Gasteiger partial charge in [-0.15, -0.1) is 0 Å². The number of piperidine rings is 1. The summed E-state index contributed by atoms with van der Waals surface area (Å²) in [6.45, 7) is 0.736. The monoisotopic (exact) mass is 282 g/mol. The van der Waals surface area contributed by atoms with Gasteiger partial charge >= 0.3 is 0 Å². The molecular weight excluding hydrogens is 266 g/mol. The van der Waals surface area contributed by atoms with Crippen molar-refractivity contribution in [3.05, 3.63) is 35.4 Å². The molecule has 1 heterocycles. The van der Waals surface area contributed by atoms with Gasteiger partial charge in [-0.05, 0) is 31.0 Å². The first kappa shape index (κ1) is 14.4. The molecule has 0 atom stereocenters. The van der Waals surface area contributed by atoms with E-state index < -0.39 is 17.5 Å². The van der Waals surface area contributed by atoms with Gasteiger partial charge in [-0.2, -0.15) is 0 Å². The van der Waals surface area contributed by atoms with Crippen molar-refractivity contribution < 1.29 is 18.4 Å². The van der Waals surface area contributed by atoms with Crippen molar-refractivity contribution in [3.8, 4) is 0 Å². The van der Waals surface area contributed by atoms with Crippen LogP contribution in [0.25, 0.3) is 0 Å². The van der Waals surface area contributed by atoms with E-state index in [1.807, 2.05) is 0 Å². The molecule has 4 nitrogen and oxygen atoms in total. The van der Waals surface area contributed by atoms with E-state index in [9.17, 15) is 18.4 Å². The Labute approximate surface area is 115 Å². The Balaban J connectivity index is 2.05. The van der Waals surface area contributed by atoms with Crippen LogP contribution in [0.2, 0.25) is 0 Å². The van der Waals surface area contributed by atoms with Crippen molar-refractivity contribution in [2.75, 3.05) is 20.1 Å². The predicted molar refractivity (Wildman–Crippen MR) is 69.1 cm³/mol. The van der Waals surface area contributed by atoms with Crippen LogP contribution in [0.5, 0.6) is 0 Å². The van der Waals surface area contributed by atoms with Gasteiger partial charge in [0.05, 0.1) is 5.56 Å². The van der Waals surface area contributed by atoms with Crippen molar-refractivity contribution in [1.82, 2.24) is 10.2 Å². The topological polar surface area (TPSA) is 49.4 Å². The summed E-state index contributed by atoms with van der Waals surface area (Å²) in [6, 6.07) is 2.83. The van der Waals surface area contributed by atoms with Gasteiger partial charge < -0.3 is 10.2 Å². The van der Waals surface area contributed by atoms with Crippen molar-refractivity contribution in [2.45, 2.75) is 12.8 Å². The number of carbonyl (C=O) groups is 2. The molecule has 20 heavy (non-hydrogen) atoms. The van der Waals surface area contributed by atoms with E-state index in [4.69, 9.17) is 0 Å². The number of amides is 2. The maximum absolute atomic E-state index is 13.6. The fraction of sp³-hybridized carbons (Fsp3) is 0.429. The van der Waals surface area contributed by atoms with Gasteiger partial charge in [-0.1, -0.05) is 0 Å². The van der Waals surface area contributed by atoms with E-state index in [0.717, 1.165) is 18.2 Å². The van der Waals surface area contributed by atoms with E-state index in [0.29, 0.717) is 25.9 Å². The van der Waals surface area contributed by atoms with Crippen LogP contribution in [0.1, 0.15) is 23.2 Å². The van der Waals surface area contributed by atoms with Gasteiger partial charge in [0, 0.05) is 26.1 Å². The molecule has 0 unspecified atom stereocenters. The number of halogens is 2. The summed E-state index contributed by atoms with van der Waals surface area (Å²) < 4.78 is 26.7. The molecule has 1 aromatic carbocycles. The molecule has 6 heteroatoms. The van der Waals surface area contributed by atoms with Crippen LogP contribution in [-0.2, 0) is 4.79 Å². The van der Waals surface area contributed by atoms with Crippen molar-refractivity contribution in [3.63, 3.8) is 0 Å². The number of rotatable bonds is 2. The second kappa shape index (κ2) is 5.98. The Morgan fingerprint density at radius 3 is 2.50 bits per heavy atom. The van der Waals surface area contributed by atoms with Crippen LogP contribution in [0.3, 0.4) is 0 Å². The highest BCUT2D eigenvalue weighted by Gasteiger charge is 2.28. The third kappa shape index (κ3) is 2.95. The number of hydrogen-bond acceptors (Lipinski definition) is 2. The smallest absolute Gasteiger partial charge is 0.256 e. The molecule has 0 saturated carbocycles. The molecule has 0 aromatic heterocycles. The quantitative estimate of drug-likeness (QED) is 0.895. The first-order chi connectivity index (χ1) is 9.52. The van der Waals surface area contributed by atoms with E-state index in [1.54, 1.807) is 7.05 Å². The molecule has 1 aliphatic heterocycles. The van der Waals surface area contributed by atoms with E-state index >= 15 is 0 Å². The largest absolute Gasteiger partial charge is 0.359 e. The van der Waals surface area contributed by atoms with Crippen LogP contribution < -0.4 is 5.32 Å². The Hall–Kier alpha value is -1.98. The number of carbonyl (C=O) groups excluding carboxylic acids is 2. The summed E-state index contributed by atoms with van der Waals surface area (Å²) in [6.07, 6.45) is 1.06. The minimum Gasteiger partial charge on any atom is -0.359 e. The lowest BCUT2D eigenvalue weighted by Crippen LogP contribution is -2.42. The van der Waals surface area contributed by atoms with Gasteiger partial charge in [0.25, 0.3) is 5.91 Å². The lowest BCUT2D eigenvalue weighted by molar-refractivity contribution is -0.125. The summed E-state index contributed by atoms with van der Waals surface area (Å²) >= 11 is 0. The molecule has 1 N–H and O–H groups in total. The average Bonchev–Trinajstić information content (AvgIpc) is 2.48. The molecule has 1 fully saturated rings. The van der Waals surface area contributed by atoms with Gasteiger partial charge in [0.15, 0.2) is 0 Å². The Bertz CT molecular complexity index is 526. The standard InChI is InChI=1S/C14H16F2N2O2/c1-17-13(19)9-4-6-18(7-5-9)14(20)11-8-10(15)2-3-12(11)16/h2-3,8-9H,4-7H2,1H3,(H,17,19). The minimum atomic E-state index is -0.732. The molecule has 2 amide bonds. The molecule has 0 spiro atoms. The molecule has 1 aromatic rings. The molecule has 0 bridgehead atoms. The zero-order chi connectivity index (χ0) is 14.7. The first-order valence-electron chi connectivity index (χ1n) is 6.49. The zero-order valence-corrected chi connectivity index (χ0v) is 11.2. The van der Waals surface area contributed by atoms with Crippen LogP contribution in [-0.4, -0.2) is 36.9 Å². The number of nitrogens with one attached hydrogen (secondary N) is 1. The molecule has 2 rings (SSSR count). The Morgan fingerprint density at radius 2 is 1.90 bits per heavy atom. The first-order valence-corrected chi connectivity index (χ1v) is 6.49. The second-order valence-corrected chi connectivity index (χ2v) is 4.80. The number of nitrogens with zero attached hydrogens (tertiary/aromatic N) is 1. The van der Waals surface area contributed by atoms with Crippen LogP contribution in [0.4, 0.5) is 8.78 Å². The summed E-state index contributed by atoms with van der Waals surface area (Å²) in [5.74, 6) is -2.08.